The lowest BCUT2D eigenvalue weighted by Crippen LogP contribution is -2.41. The lowest BCUT2D eigenvalue weighted by atomic mass is 10.1. The molecule has 0 saturated carbocycles. The van der Waals surface area contributed by atoms with Gasteiger partial charge in [0.15, 0.2) is 0 Å². The number of hydrogen-bond acceptors (Lipinski definition) is 4. The molecule has 0 radical (unpaired) electrons. The van der Waals surface area contributed by atoms with E-state index < -0.39 is 0 Å². The fourth-order valence-corrected chi connectivity index (χ4v) is 1.92. The molecular weight excluding hydrogens is 230 g/mol. The van der Waals surface area contributed by atoms with Crippen LogP contribution in [0.1, 0.15) is 24.2 Å². The largest absolute Gasteiger partial charge is 0.399 e. The lowest BCUT2D eigenvalue weighted by Gasteiger charge is -2.28. The van der Waals surface area contributed by atoms with Crippen molar-refractivity contribution >= 4 is 17.3 Å². The van der Waals surface area contributed by atoms with Crippen molar-refractivity contribution in [2.24, 2.45) is 0 Å². The molecule has 5 nitrogen and oxygen atoms in total. The van der Waals surface area contributed by atoms with E-state index >= 15 is 0 Å². The van der Waals surface area contributed by atoms with Crippen molar-refractivity contribution in [1.29, 1.82) is 0 Å². The van der Waals surface area contributed by atoms with E-state index in [0.717, 1.165) is 0 Å². The lowest BCUT2D eigenvalue weighted by molar-refractivity contribution is 0.0580. The fraction of sp³-hybridized carbons (Fsp3) is 0.462. The molecule has 0 aliphatic rings. The monoisotopic (exact) mass is 251 g/mol. The molecule has 0 bridgehead atoms. The van der Waals surface area contributed by atoms with Crippen LogP contribution < -0.4 is 11.5 Å². The number of methoxy groups -OCH3 is 1. The summed E-state index contributed by atoms with van der Waals surface area (Å²) in [6, 6.07) is 4.94. The van der Waals surface area contributed by atoms with Gasteiger partial charge >= 0.3 is 0 Å². The zero-order valence-corrected chi connectivity index (χ0v) is 11.1. The maximum Gasteiger partial charge on any atom is 0.256 e. The molecule has 0 aliphatic carbocycles. The Morgan fingerprint density at radius 1 is 1.44 bits per heavy atom. The zero-order valence-electron chi connectivity index (χ0n) is 11.1. The summed E-state index contributed by atoms with van der Waals surface area (Å²) in [6.07, 6.45) is 0. The molecule has 100 valence electrons. The van der Waals surface area contributed by atoms with Crippen LogP contribution in [0, 0.1) is 0 Å². The molecule has 1 unspecified atom stereocenters. The summed E-state index contributed by atoms with van der Waals surface area (Å²) < 4.78 is 5.08. The van der Waals surface area contributed by atoms with Gasteiger partial charge in [0, 0.05) is 25.0 Å². The van der Waals surface area contributed by atoms with Crippen LogP contribution in [0.5, 0.6) is 0 Å². The highest BCUT2D eigenvalue weighted by Crippen LogP contribution is 2.18. The van der Waals surface area contributed by atoms with E-state index in [2.05, 4.69) is 0 Å². The minimum Gasteiger partial charge on any atom is -0.399 e. The Morgan fingerprint density at radius 3 is 2.61 bits per heavy atom. The average Bonchev–Trinajstić information content (AvgIpc) is 2.29. The topological polar surface area (TPSA) is 81.6 Å². The van der Waals surface area contributed by atoms with E-state index in [1.54, 1.807) is 30.2 Å². The van der Waals surface area contributed by atoms with Gasteiger partial charge in [0.2, 0.25) is 0 Å². The summed E-state index contributed by atoms with van der Waals surface area (Å²) in [5.41, 5.74) is 12.9. The molecule has 1 aromatic carbocycles. The summed E-state index contributed by atoms with van der Waals surface area (Å²) in [5.74, 6) is -0.0976. The SMILES string of the molecule is CCN(C(=O)c1ccc(N)cc1N)C(C)COC. The first kappa shape index (κ1) is 14.3. The molecule has 0 spiro atoms. The highest BCUT2D eigenvalue weighted by molar-refractivity contribution is 5.99. The molecule has 1 rings (SSSR count). The van der Waals surface area contributed by atoms with Crippen LogP contribution in [0.15, 0.2) is 18.2 Å². The number of likely N-dealkylation sites (N-methyl/N-ethyl adjacent to an activating group) is 1. The highest BCUT2D eigenvalue weighted by Gasteiger charge is 2.21. The van der Waals surface area contributed by atoms with Crippen molar-refractivity contribution in [3.8, 4) is 0 Å². The molecule has 0 aliphatic heterocycles. The second kappa shape index (κ2) is 6.26. The quantitative estimate of drug-likeness (QED) is 0.774. The second-order valence-electron chi connectivity index (χ2n) is 4.24. The Kier molecular flexibility index (Phi) is 4.97. The third kappa shape index (κ3) is 3.13. The van der Waals surface area contributed by atoms with Crippen LogP contribution in [0.3, 0.4) is 0 Å². The van der Waals surface area contributed by atoms with Gasteiger partial charge in [-0.2, -0.15) is 0 Å². The molecule has 0 aromatic heterocycles. The van der Waals surface area contributed by atoms with E-state index in [1.165, 1.54) is 0 Å². The van der Waals surface area contributed by atoms with Crippen LogP contribution in [-0.2, 0) is 4.74 Å². The highest BCUT2D eigenvalue weighted by atomic mass is 16.5. The Labute approximate surface area is 108 Å². The minimum absolute atomic E-state index is 0.00412. The molecule has 0 fully saturated rings. The van der Waals surface area contributed by atoms with Gasteiger partial charge in [0.1, 0.15) is 0 Å². The number of hydrogen-bond donors (Lipinski definition) is 2. The second-order valence-corrected chi connectivity index (χ2v) is 4.24. The van der Waals surface area contributed by atoms with Crippen LogP contribution in [0.4, 0.5) is 11.4 Å². The molecule has 1 aromatic rings. The minimum atomic E-state index is -0.0976. The van der Waals surface area contributed by atoms with Gasteiger partial charge in [-0.3, -0.25) is 4.79 Å². The van der Waals surface area contributed by atoms with Crippen molar-refractivity contribution < 1.29 is 9.53 Å². The first-order valence-corrected chi connectivity index (χ1v) is 5.96. The van der Waals surface area contributed by atoms with Crippen LogP contribution >= 0.6 is 0 Å². The average molecular weight is 251 g/mol. The molecular formula is C13H21N3O2. The van der Waals surface area contributed by atoms with Crippen molar-refractivity contribution in [2.45, 2.75) is 19.9 Å². The summed E-state index contributed by atoms with van der Waals surface area (Å²) in [6.45, 7) is 4.97. The summed E-state index contributed by atoms with van der Waals surface area (Å²) in [5, 5.41) is 0. The first-order chi connectivity index (χ1) is 8.51. The van der Waals surface area contributed by atoms with Crippen LogP contribution in [0.2, 0.25) is 0 Å². The maximum atomic E-state index is 12.4. The Balaban J connectivity index is 2.96. The molecule has 5 heteroatoms. The Morgan fingerprint density at radius 2 is 2.11 bits per heavy atom. The van der Waals surface area contributed by atoms with Crippen molar-refractivity contribution in [1.82, 2.24) is 4.90 Å². The van der Waals surface area contributed by atoms with Gasteiger partial charge in [-0.25, -0.2) is 0 Å². The molecule has 1 atom stereocenters. The van der Waals surface area contributed by atoms with Crippen molar-refractivity contribution in [3.63, 3.8) is 0 Å². The number of nitrogen functional groups attached to an aromatic ring is 2. The number of carbonyl (C=O) groups excluding carboxylic acids is 1. The number of amides is 1. The summed E-state index contributed by atoms with van der Waals surface area (Å²) >= 11 is 0. The summed E-state index contributed by atoms with van der Waals surface area (Å²) in [7, 11) is 1.62. The van der Waals surface area contributed by atoms with Crippen LogP contribution in [-0.4, -0.2) is 37.1 Å². The van der Waals surface area contributed by atoms with E-state index in [1.807, 2.05) is 13.8 Å². The smallest absolute Gasteiger partial charge is 0.256 e. The van der Waals surface area contributed by atoms with Crippen molar-refractivity contribution in [3.05, 3.63) is 23.8 Å². The molecule has 0 saturated heterocycles. The Bertz CT molecular complexity index is 421. The van der Waals surface area contributed by atoms with E-state index in [0.29, 0.717) is 30.1 Å². The van der Waals surface area contributed by atoms with Gasteiger partial charge in [0.05, 0.1) is 18.2 Å². The maximum absolute atomic E-state index is 12.4. The van der Waals surface area contributed by atoms with E-state index in [9.17, 15) is 4.79 Å². The standard InChI is InChI=1S/C13H21N3O2/c1-4-16(9(2)8-18-3)13(17)11-6-5-10(14)7-12(11)15/h5-7,9H,4,8,14-15H2,1-3H3. The number of anilines is 2. The number of ether oxygens (including phenoxy) is 1. The first-order valence-electron chi connectivity index (χ1n) is 5.96. The van der Waals surface area contributed by atoms with Crippen LogP contribution in [0.25, 0.3) is 0 Å². The molecule has 4 N–H and O–H groups in total. The van der Waals surface area contributed by atoms with Gasteiger partial charge < -0.3 is 21.1 Å². The van der Waals surface area contributed by atoms with Gasteiger partial charge in [-0.15, -0.1) is 0 Å². The normalized spacial score (nSPS) is 12.2. The fourth-order valence-electron chi connectivity index (χ4n) is 1.92. The number of carbonyl (C=O) groups is 1. The molecule has 18 heavy (non-hydrogen) atoms. The molecule has 0 heterocycles. The van der Waals surface area contributed by atoms with E-state index in [-0.39, 0.29) is 11.9 Å². The predicted molar refractivity (Wildman–Crippen MR) is 73.3 cm³/mol. The number of benzene rings is 1. The Hall–Kier alpha value is -1.75. The number of rotatable bonds is 5. The predicted octanol–water partition coefficient (Wildman–Crippen LogP) is 1.35. The third-order valence-corrected chi connectivity index (χ3v) is 2.85. The van der Waals surface area contributed by atoms with Gasteiger partial charge in [-0.1, -0.05) is 0 Å². The van der Waals surface area contributed by atoms with E-state index in [4.69, 9.17) is 16.2 Å². The van der Waals surface area contributed by atoms with Gasteiger partial charge in [-0.05, 0) is 32.0 Å². The summed E-state index contributed by atoms with van der Waals surface area (Å²) in [4.78, 5) is 14.1. The molecule has 1 amide bonds. The third-order valence-electron chi connectivity index (χ3n) is 2.85. The number of nitrogens with two attached hydrogens (primary N) is 2. The zero-order chi connectivity index (χ0) is 13.7. The van der Waals surface area contributed by atoms with Crippen molar-refractivity contribution in [2.75, 3.05) is 31.7 Å². The van der Waals surface area contributed by atoms with Gasteiger partial charge in [0.25, 0.3) is 5.91 Å². The number of nitrogens with zero attached hydrogens (tertiary/aromatic N) is 1.